The minimum absolute atomic E-state index is 0.413. The Kier molecular flexibility index (Phi) is 2.31. The third-order valence-electron chi connectivity index (χ3n) is 3.68. The van der Waals surface area contributed by atoms with E-state index in [1.807, 2.05) is 36.5 Å². The van der Waals surface area contributed by atoms with Crippen molar-refractivity contribution >= 4 is 21.6 Å². The van der Waals surface area contributed by atoms with Gasteiger partial charge in [-0.15, -0.1) is 0 Å². The first-order valence-electron chi connectivity index (χ1n) is 6.53. The number of pyridine rings is 1. The van der Waals surface area contributed by atoms with E-state index in [1.165, 1.54) is 0 Å². The second-order valence-corrected chi connectivity index (χ2v) is 6.32. The van der Waals surface area contributed by atoms with Crippen LogP contribution in [0.25, 0.3) is 16.9 Å². The number of hydrogen-bond acceptors (Lipinski definition) is 2. The van der Waals surface area contributed by atoms with Crippen LogP contribution in [0.4, 0.5) is 0 Å². The highest BCUT2D eigenvalue weighted by molar-refractivity contribution is 9.10. The Morgan fingerprint density at radius 2 is 1.95 bits per heavy atom. The summed E-state index contributed by atoms with van der Waals surface area (Å²) >= 11 is 3.58. The van der Waals surface area contributed by atoms with Crippen LogP contribution in [0.2, 0.25) is 0 Å². The van der Waals surface area contributed by atoms with Gasteiger partial charge in [0.05, 0.1) is 10.2 Å². The predicted octanol–water partition coefficient (Wildman–Crippen LogP) is 4.39. The Morgan fingerprint density at radius 1 is 1.15 bits per heavy atom. The molecule has 4 rings (SSSR count). The van der Waals surface area contributed by atoms with Crippen LogP contribution in [-0.2, 0) is 5.60 Å². The molecule has 20 heavy (non-hydrogen) atoms. The molecule has 1 aliphatic rings. The first kappa shape index (κ1) is 12.0. The molecule has 0 bridgehead atoms. The lowest BCUT2D eigenvalue weighted by Crippen LogP contribution is -2.30. The normalized spacial score (nSPS) is 15.6. The molecule has 0 aliphatic carbocycles. The number of aromatic nitrogens is 2. The van der Waals surface area contributed by atoms with Gasteiger partial charge in [0.2, 0.25) is 0 Å². The summed E-state index contributed by atoms with van der Waals surface area (Å²) in [6.07, 6.45) is 2.03. The average Bonchev–Trinajstić information content (AvgIpc) is 2.80. The number of para-hydroxylation sites is 1. The molecular formula is C16H13BrN2O. The molecule has 1 aliphatic heterocycles. The van der Waals surface area contributed by atoms with Crippen molar-refractivity contribution in [2.45, 2.75) is 19.4 Å². The van der Waals surface area contributed by atoms with Crippen LogP contribution in [0.3, 0.4) is 0 Å². The highest BCUT2D eigenvalue weighted by Crippen LogP contribution is 2.45. The van der Waals surface area contributed by atoms with E-state index in [0.29, 0.717) is 0 Å². The van der Waals surface area contributed by atoms with Gasteiger partial charge in [-0.1, -0.05) is 12.1 Å². The van der Waals surface area contributed by atoms with Gasteiger partial charge in [-0.25, -0.2) is 4.98 Å². The highest BCUT2D eigenvalue weighted by Gasteiger charge is 2.37. The van der Waals surface area contributed by atoms with Gasteiger partial charge >= 0.3 is 0 Å². The SMILES string of the molecule is CC1(C)Oc2ccccc2-c2nc3c(Br)cccn3c21. The van der Waals surface area contributed by atoms with E-state index in [-0.39, 0.29) is 0 Å². The zero-order chi connectivity index (χ0) is 13.9. The molecular weight excluding hydrogens is 316 g/mol. The predicted molar refractivity (Wildman–Crippen MR) is 82.0 cm³/mol. The first-order valence-corrected chi connectivity index (χ1v) is 7.33. The van der Waals surface area contributed by atoms with E-state index in [2.05, 4.69) is 40.2 Å². The summed E-state index contributed by atoms with van der Waals surface area (Å²) < 4.78 is 9.27. The number of fused-ring (bicyclic) bond motifs is 5. The van der Waals surface area contributed by atoms with Crippen LogP contribution in [0.1, 0.15) is 19.5 Å². The fraction of sp³-hybridized carbons (Fsp3) is 0.188. The first-order chi connectivity index (χ1) is 9.58. The summed E-state index contributed by atoms with van der Waals surface area (Å²) in [5.74, 6) is 0.893. The second kappa shape index (κ2) is 3.85. The van der Waals surface area contributed by atoms with Gasteiger partial charge < -0.3 is 4.74 Å². The molecule has 0 unspecified atom stereocenters. The number of benzene rings is 1. The van der Waals surface area contributed by atoms with Crippen molar-refractivity contribution in [2.75, 3.05) is 0 Å². The molecule has 0 saturated heterocycles. The average molecular weight is 329 g/mol. The zero-order valence-corrected chi connectivity index (χ0v) is 12.8. The van der Waals surface area contributed by atoms with E-state index >= 15 is 0 Å². The van der Waals surface area contributed by atoms with E-state index in [9.17, 15) is 0 Å². The van der Waals surface area contributed by atoms with E-state index in [4.69, 9.17) is 9.72 Å². The Hall–Kier alpha value is -1.81. The Morgan fingerprint density at radius 3 is 2.80 bits per heavy atom. The van der Waals surface area contributed by atoms with Crippen molar-refractivity contribution in [1.29, 1.82) is 0 Å². The molecule has 0 saturated carbocycles. The molecule has 0 N–H and O–H groups in total. The fourth-order valence-corrected chi connectivity index (χ4v) is 3.30. The number of hydrogen-bond donors (Lipinski definition) is 0. The minimum Gasteiger partial charge on any atom is -0.481 e. The van der Waals surface area contributed by atoms with Crippen molar-refractivity contribution < 1.29 is 4.74 Å². The maximum absolute atomic E-state index is 6.18. The standard InChI is InChI=1S/C16H13BrN2O/c1-16(2)14-13(10-6-3-4-8-12(10)20-16)18-15-11(17)7-5-9-19(14)15/h3-9H,1-2H3. The number of halogens is 1. The van der Waals surface area contributed by atoms with Crippen LogP contribution in [0, 0.1) is 0 Å². The van der Waals surface area contributed by atoms with E-state index < -0.39 is 5.60 Å². The lowest BCUT2D eigenvalue weighted by Gasteiger charge is -2.32. The topological polar surface area (TPSA) is 26.5 Å². The molecule has 0 atom stereocenters. The van der Waals surface area contributed by atoms with Gasteiger partial charge in [0.25, 0.3) is 0 Å². The third kappa shape index (κ3) is 1.48. The monoisotopic (exact) mass is 328 g/mol. The van der Waals surface area contributed by atoms with Gasteiger partial charge in [0.15, 0.2) is 5.65 Å². The second-order valence-electron chi connectivity index (χ2n) is 5.47. The van der Waals surface area contributed by atoms with Gasteiger partial charge in [0, 0.05) is 11.8 Å². The summed E-state index contributed by atoms with van der Waals surface area (Å²) in [7, 11) is 0. The molecule has 1 aromatic carbocycles. The van der Waals surface area contributed by atoms with Gasteiger partial charge in [-0.2, -0.15) is 0 Å². The summed E-state index contributed by atoms with van der Waals surface area (Å²) in [4.78, 5) is 4.83. The van der Waals surface area contributed by atoms with Crippen LogP contribution in [-0.4, -0.2) is 9.38 Å². The van der Waals surface area contributed by atoms with Crippen molar-refractivity contribution in [3.63, 3.8) is 0 Å². The lowest BCUT2D eigenvalue weighted by atomic mass is 9.95. The van der Waals surface area contributed by atoms with Crippen molar-refractivity contribution in [1.82, 2.24) is 9.38 Å². The number of imidazole rings is 1. The molecule has 0 radical (unpaired) electrons. The lowest BCUT2D eigenvalue weighted by molar-refractivity contribution is 0.0996. The number of rotatable bonds is 0. The quantitative estimate of drug-likeness (QED) is 0.611. The number of nitrogens with zero attached hydrogens (tertiary/aromatic N) is 2. The molecule has 3 aromatic rings. The van der Waals surface area contributed by atoms with Crippen molar-refractivity contribution in [3.8, 4) is 17.0 Å². The van der Waals surface area contributed by atoms with Gasteiger partial charge in [-0.3, -0.25) is 4.40 Å². The third-order valence-corrected chi connectivity index (χ3v) is 4.30. The Labute approximate surface area is 125 Å². The maximum atomic E-state index is 6.18. The smallest absolute Gasteiger partial charge is 0.152 e. The summed E-state index contributed by atoms with van der Waals surface area (Å²) in [6.45, 7) is 4.16. The largest absolute Gasteiger partial charge is 0.481 e. The maximum Gasteiger partial charge on any atom is 0.152 e. The highest BCUT2D eigenvalue weighted by atomic mass is 79.9. The minimum atomic E-state index is -0.413. The van der Waals surface area contributed by atoms with Crippen molar-refractivity contribution in [3.05, 3.63) is 52.8 Å². The van der Waals surface area contributed by atoms with Crippen LogP contribution >= 0.6 is 15.9 Å². The summed E-state index contributed by atoms with van der Waals surface area (Å²) in [5.41, 5.74) is 3.66. The van der Waals surface area contributed by atoms with Crippen LogP contribution in [0.15, 0.2) is 47.1 Å². The van der Waals surface area contributed by atoms with Crippen LogP contribution < -0.4 is 4.74 Å². The molecule has 0 amide bonds. The summed E-state index contributed by atoms with van der Waals surface area (Å²) in [5, 5.41) is 0. The molecule has 100 valence electrons. The van der Waals surface area contributed by atoms with Crippen molar-refractivity contribution in [2.24, 2.45) is 0 Å². The summed E-state index contributed by atoms with van der Waals surface area (Å²) in [6, 6.07) is 12.1. The molecule has 0 fully saturated rings. The van der Waals surface area contributed by atoms with Gasteiger partial charge in [-0.05, 0) is 54.0 Å². The van der Waals surface area contributed by atoms with Crippen LogP contribution in [0.5, 0.6) is 5.75 Å². The van der Waals surface area contributed by atoms with Gasteiger partial charge in [0.1, 0.15) is 17.0 Å². The molecule has 3 heterocycles. The molecule has 2 aromatic heterocycles. The fourth-order valence-electron chi connectivity index (χ4n) is 2.87. The Bertz CT molecular complexity index is 836. The molecule has 3 nitrogen and oxygen atoms in total. The molecule has 0 spiro atoms. The molecule has 4 heteroatoms. The van der Waals surface area contributed by atoms with E-state index in [0.717, 1.165) is 32.8 Å². The van der Waals surface area contributed by atoms with E-state index in [1.54, 1.807) is 0 Å². The number of ether oxygens (including phenoxy) is 1. The zero-order valence-electron chi connectivity index (χ0n) is 11.2. The Balaban J connectivity index is 2.17.